The molecule has 0 amide bonds. The molecule has 0 aliphatic carbocycles. The molecule has 1 heterocycles. The molecular formula is C19H19NO3. The van der Waals surface area contributed by atoms with E-state index < -0.39 is 0 Å². The lowest BCUT2D eigenvalue weighted by Crippen LogP contribution is -2.17. The Labute approximate surface area is 135 Å². The third-order valence-corrected chi connectivity index (χ3v) is 3.74. The van der Waals surface area contributed by atoms with Crippen molar-refractivity contribution in [1.29, 1.82) is 0 Å². The summed E-state index contributed by atoms with van der Waals surface area (Å²) in [5, 5.41) is 0. The van der Waals surface area contributed by atoms with E-state index in [2.05, 4.69) is 4.99 Å². The van der Waals surface area contributed by atoms with E-state index in [-0.39, 0.29) is 11.5 Å². The molecule has 3 rings (SSSR count). The van der Waals surface area contributed by atoms with Crippen molar-refractivity contribution in [3.8, 4) is 11.1 Å². The van der Waals surface area contributed by atoms with E-state index in [1.54, 1.807) is 12.1 Å². The van der Waals surface area contributed by atoms with E-state index in [9.17, 15) is 4.79 Å². The summed E-state index contributed by atoms with van der Waals surface area (Å²) >= 11 is 0. The van der Waals surface area contributed by atoms with E-state index in [4.69, 9.17) is 9.47 Å². The molecule has 0 saturated heterocycles. The number of carbonyl (C=O) groups is 1. The van der Waals surface area contributed by atoms with Crippen LogP contribution in [-0.4, -0.2) is 31.1 Å². The van der Waals surface area contributed by atoms with E-state index in [1.807, 2.05) is 50.2 Å². The molecule has 1 aliphatic heterocycles. The minimum atomic E-state index is -0.338. The molecule has 0 spiro atoms. The Morgan fingerprint density at radius 3 is 2.30 bits per heavy atom. The lowest BCUT2D eigenvalue weighted by atomic mass is 9.98. The number of esters is 1. The van der Waals surface area contributed by atoms with Crippen LogP contribution in [0, 0.1) is 0 Å². The molecule has 0 aromatic heterocycles. The fourth-order valence-corrected chi connectivity index (χ4v) is 2.55. The number of ether oxygens (including phenoxy) is 2. The lowest BCUT2D eigenvalue weighted by molar-refractivity contribution is 0.0601. The molecular weight excluding hydrogens is 290 g/mol. The van der Waals surface area contributed by atoms with Crippen molar-refractivity contribution in [3.63, 3.8) is 0 Å². The number of hydrogen-bond donors (Lipinski definition) is 0. The highest BCUT2D eigenvalue weighted by molar-refractivity contribution is 6.02. The SMILES string of the molecule is COC(=O)c1ccc(-c2ccccc2C2=NC(C)(C)CO2)cc1. The zero-order chi connectivity index (χ0) is 16.4. The van der Waals surface area contributed by atoms with Crippen LogP contribution in [0.2, 0.25) is 0 Å². The molecule has 23 heavy (non-hydrogen) atoms. The van der Waals surface area contributed by atoms with Crippen molar-refractivity contribution in [2.24, 2.45) is 4.99 Å². The number of carbonyl (C=O) groups excluding carboxylic acids is 1. The van der Waals surface area contributed by atoms with Gasteiger partial charge in [0.2, 0.25) is 5.90 Å². The molecule has 0 unspecified atom stereocenters. The van der Waals surface area contributed by atoms with E-state index in [0.29, 0.717) is 18.1 Å². The summed E-state index contributed by atoms with van der Waals surface area (Å²) in [5.74, 6) is 0.331. The molecule has 4 heteroatoms. The first kappa shape index (κ1) is 15.3. The second-order valence-corrected chi connectivity index (χ2v) is 6.13. The molecule has 0 N–H and O–H groups in total. The zero-order valence-corrected chi connectivity index (χ0v) is 13.5. The summed E-state index contributed by atoms with van der Waals surface area (Å²) in [6, 6.07) is 15.3. The predicted octanol–water partition coefficient (Wildman–Crippen LogP) is 3.70. The van der Waals surface area contributed by atoms with Gasteiger partial charge in [-0.2, -0.15) is 0 Å². The number of methoxy groups -OCH3 is 1. The maximum absolute atomic E-state index is 11.5. The molecule has 1 aliphatic rings. The molecule has 4 nitrogen and oxygen atoms in total. The minimum absolute atomic E-state index is 0.197. The standard InChI is InChI=1S/C19H19NO3/c1-19(2)12-23-17(20-19)16-7-5-4-6-15(16)13-8-10-14(11-9-13)18(21)22-3/h4-11H,12H2,1-3H3. The van der Waals surface area contributed by atoms with Crippen LogP contribution in [-0.2, 0) is 9.47 Å². The van der Waals surface area contributed by atoms with Crippen molar-refractivity contribution in [2.75, 3.05) is 13.7 Å². The van der Waals surface area contributed by atoms with Crippen molar-refractivity contribution in [3.05, 3.63) is 59.7 Å². The average Bonchev–Trinajstić information content (AvgIpc) is 2.94. The third-order valence-electron chi connectivity index (χ3n) is 3.74. The van der Waals surface area contributed by atoms with Gasteiger partial charge < -0.3 is 9.47 Å². The van der Waals surface area contributed by atoms with Crippen LogP contribution in [0.5, 0.6) is 0 Å². The molecule has 0 radical (unpaired) electrons. The molecule has 0 bridgehead atoms. The van der Waals surface area contributed by atoms with Gasteiger partial charge in [-0.1, -0.05) is 30.3 Å². The fourth-order valence-electron chi connectivity index (χ4n) is 2.55. The van der Waals surface area contributed by atoms with Gasteiger partial charge in [-0.25, -0.2) is 9.79 Å². The number of benzene rings is 2. The Balaban J connectivity index is 2.00. The highest BCUT2D eigenvalue weighted by atomic mass is 16.5. The molecule has 2 aromatic carbocycles. The van der Waals surface area contributed by atoms with Gasteiger partial charge in [-0.15, -0.1) is 0 Å². The van der Waals surface area contributed by atoms with Crippen LogP contribution in [0.25, 0.3) is 11.1 Å². The predicted molar refractivity (Wildman–Crippen MR) is 89.8 cm³/mol. The second-order valence-electron chi connectivity index (χ2n) is 6.13. The monoisotopic (exact) mass is 309 g/mol. The van der Waals surface area contributed by atoms with Gasteiger partial charge in [0.25, 0.3) is 0 Å². The van der Waals surface area contributed by atoms with E-state index in [1.165, 1.54) is 7.11 Å². The van der Waals surface area contributed by atoms with Gasteiger partial charge in [-0.05, 0) is 43.2 Å². The molecule has 0 atom stereocenters. The Bertz CT molecular complexity index is 760. The molecule has 118 valence electrons. The minimum Gasteiger partial charge on any atom is -0.475 e. The Hall–Kier alpha value is -2.62. The highest BCUT2D eigenvalue weighted by Crippen LogP contribution is 2.28. The maximum Gasteiger partial charge on any atom is 0.337 e. The summed E-state index contributed by atoms with van der Waals surface area (Å²) in [6.45, 7) is 4.68. The van der Waals surface area contributed by atoms with Gasteiger partial charge in [0.1, 0.15) is 6.61 Å². The van der Waals surface area contributed by atoms with Gasteiger partial charge in [-0.3, -0.25) is 0 Å². The van der Waals surface area contributed by atoms with Crippen molar-refractivity contribution < 1.29 is 14.3 Å². The van der Waals surface area contributed by atoms with E-state index in [0.717, 1.165) is 16.7 Å². The van der Waals surface area contributed by atoms with Gasteiger partial charge in [0, 0.05) is 5.56 Å². The number of hydrogen-bond acceptors (Lipinski definition) is 4. The largest absolute Gasteiger partial charge is 0.475 e. The molecule has 0 saturated carbocycles. The van der Waals surface area contributed by atoms with Crippen LogP contribution >= 0.6 is 0 Å². The Kier molecular flexibility index (Phi) is 3.90. The molecule has 0 fully saturated rings. The van der Waals surface area contributed by atoms with E-state index >= 15 is 0 Å². The second kappa shape index (κ2) is 5.88. The third kappa shape index (κ3) is 3.11. The fraction of sp³-hybridized carbons (Fsp3) is 0.263. The summed E-state index contributed by atoms with van der Waals surface area (Å²) in [7, 11) is 1.38. The first-order valence-corrected chi connectivity index (χ1v) is 7.51. The van der Waals surface area contributed by atoms with Gasteiger partial charge >= 0.3 is 5.97 Å². The number of nitrogens with zero attached hydrogens (tertiary/aromatic N) is 1. The summed E-state index contributed by atoms with van der Waals surface area (Å²) in [4.78, 5) is 16.2. The zero-order valence-electron chi connectivity index (χ0n) is 13.5. The topological polar surface area (TPSA) is 47.9 Å². The van der Waals surface area contributed by atoms with Crippen LogP contribution in [0.1, 0.15) is 29.8 Å². The van der Waals surface area contributed by atoms with Gasteiger partial charge in [0.15, 0.2) is 0 Å². The lowest BCUT2D eigenvalue weighted by Gasteiger charge is -2.10. The van der Waals surface area contributed by atoms with Crippen LogP contribution in [0.15, 0.2) is 53.5 Å². The van der Waals surface area contributed by atoms with Crippen LogP contribution in [0.3, 0.4) is 0 Å². The Morgan fingerprint density at radius 1 is 1.09 bits per heavy atom. The maximum atomic E-state index is 11.5. The summed E-state index contributed by atoms with van der Waals surface area (Å²) < 4.78 is 10.5. The van der Waals surface area contributed by atoms with Crippen molar-refractivity contribution in [1.82, 2.24) is 0 Å². The quantitative estimate of drug-likeness (QED) is 0.812. The summed E-state index contributed by atoms with van der Waals surface area (Å²) in [5.41, 5.74) is 3.33. The first-order chi connectivity index (χ1) is 11.0. The number of rotatable bonds is 3. The smallest absolute Gasteiger partial charge is 0.337 e. The highest BCUT2D eigenvalue weighted by Gasteiger charge is 2.28. The normalized spacial score (nSPS) is 15.7. The average molecular weight is 309 g/mol. The van der Waals surface area contributed by atoms with Gasteiger partial charge in [0.05, 0.1) is 18.2 Å². The summed E-state index contributed by atoms with van der Waals surface area (Å²) in [6.07, 6.45) is 0. The van der Waals surface area contributed by atoms with Crippen molar-refractivity contribution in [2.45, 2.75) is 19.4 Å². The first-order valence-electron chi connectivity index (χ1n) is 7.51. The van der Waals surface area contributed by atoms with Crippen LogP contribution < -0.4 is 0 Å². The number of aliphatic imine (C=N–C) groups is 1. The van der Waals surface area contributed by atoms with Crippen molar-refractivity contribution >= 4 is 11.9 Å². The molecule has 2 aromatic rings. The van der Waals surface area contributed by atoms with Crippen LogP contribution in [0.4, 0.5) is 0 Å². The Morgan fingerprint density at radius 2 is 1.74 bits per heavy atom.